The smallest absolute Gasteiger partial charge is 0.310 e. The highest BCUT2D eigenvalue weighted by Gasteiger charge is 2.32. The topological polar surface area (TPSA) is 94.1 Å². The highest BCUT2D eigenvalue weighted by molar-refractivity contribution is 5.85. The molecule has 31 heavy (non-hydrogen) atoms. The van der Waals surface area contributed by atoms with E-state index in [9.17, 15) is 14.3 Å². The largest absolute Gasteiger partial charge is 0.481 e. The number of likely N-dealkylation sites (tertiary alicyclic amines) is 1. The summed E-state index contributed by atoms with van der Waals surface area (Å²) in [6, 6.07) is 7.65. The van der Waals surface area contributed by atoms with Crippen molar-refractivity contribution in [3.63, 3.8) is 0 Å². The van der Waals surface area contributed by atoms with Crippen molar-refractivity contribution in [3.05, 3.63) is 41.8 Å². The summed E-state index contributed by atoms with van der Waals surface area (Å²) in [4.78, 5) is 16.6. The summed E-state index contributed by atoms with van der Waals surface area (Å²) in [5, 5.41) is 22.2. The number of rotatable bonds is 6. The number of aromatic amines is 1. The number of benzene rings is 1. The number of aromatic nitrogens is 3. The van der Waals surface area contributed by atoms with Crippen molar-refractivity contribution < 1.29 is 14.3 Å². The Balaban J connectivity index is 1.46. The van der Waals surface area contributed by atoms with Crippen LogP contribution in [0, 0.1) is 18.2 Å². The maximum Gasteiger partial charge on any atom is 0.310 e. The second-order valence-corrected chi connectivity index (χ2v) is 9.07. The van der Waals surface area contributed by atoms with Gasteiger partial charge in [-0.15, -0.1) is 10.2 Å². The molecule has 1 aliphatic heterocycles. The van der Waals surface area contributed by atoms with Crippen LogP contribution in [0.3, 0.4) is 0 Å². The lowest BCUT2D eigenvalue weighted by Crippen LogP contribution is -2.47. The van der Waals surface area contributed by atoms with Gasteiger partial charge in [0.15, 0.2) is 0 Å². The Kier molecular flexibility index (Phi) is 5.66. The molecule has 0 aliphatic carbocycles. The van der Waals surface area contributed by atoms with Gasteiger partial charge in [0, 0.05) is 41.8 Å². The van der Waals surface area contributed by atoms with E-state index in [0.717, 1.165) is 48.3 Å². The van der Waals surface area contributed by atoms with E-state index < -0.39 is 11.4 Å². The first-order chi connectivity index (χ1) is 14.7. The van der Waals surface area contributed by atoms with Gasteiger partial charge >= 0.3 is 5.97 Å². The molecule has 0 radical (unpaired) electrons. The third-order valence-electron chi connectivity index (χ3n) is 5.94. The number of carbonyl (C=O) groups is 1. The molecule has 3 heterocycles. The molecule has 0 bridgehead atoms. The van der Waals surface area contributed by atoms with Crippen LogP contribution in [0.4, 0.5) is 10.2 Å². The number of hydrogen-bond donors (Lipinski definition) is 3. The Morgan fingerprint density at radius 1 is 1.35 bits per heavy atom. The van der Waals surface area contributed by atoms with Gasteiger partial charge in [-0.25, -0.2) is 4.39 Å². The molecule has 1 fully saturated rings. The Morgan fingerprint density at radius 2 is 2.16 bits per heavy atom. The maximum atomic E-state index is 13.7. The van der Waals surface area contributed by atoms with Crippen LogP contribution in [0.2, 0.25) is 0 Å². The third kappa shape index (κ3) is 4.54. The summed E-state index contributed by atoms with van der Waals surface area (Å²) in [7, 11) is 0. The molecule has 7 nitrogen and oxygen atoms in total. The number of piperidine rings is 1. The maximum absolute atomic E-state index is 13.7. The lowest BCUT2D eigenvalue weighted by Gasteiger charge is -2.36. The number of hydrogen-bond acceptors (Lipinski definition) is 5. The zero-order valence-corrected chi connectivity index (χ0v) is 18.1. The molecule has 1 aromatic carbocycles. The number of carboxylic acid groups (broad SMARTS) is 1. The average molecular weight is 426 g/mol. The fraction of sp³-hybridized carbons (Fsp3) is 0.435. The summed E-state index contributed by atoms with van der Waals surface area (Å²) in [5.41, 5.74) is 2.57. The number of nitrogens with zero attached hydrogens (tertiary/aromatic N) is 3. The second-order valence-electron chi connectivity index (χ2n) is 9.07. The van der Waals surface area contributed by atoms with Gasteiger partial charge in [-0.2, -0.15) is 0 Å². The van der Waals surface area contributed by atoms with Gasteiger partial charge in [0.2, 0.25) is 0 Å². The molecule has 2 aromatic heterocycles. The third-order valence-corrected chi connectivity index (χ3v) is 5.94. The number of aryl methyl sites for hydroxylation is 1. The Morgan fingerprint density at radius 3 is 2.90 bits per heavy atom. The molecule has 164 valence electrons. The van der Waals surface area contributed by atoms with E-state index in [1.165, 1.54) is 6.20 Å². The lowest BCUT2D eigenvalue weighted by atomic mass is 9.91. The first-order valence-electron chi connectivity index (χ1n) is 10.6. The van der Waals surface area contributed by atoms with E-state index in [4.69, 9.17) is 0 Å². The van der Waals surface area contributed by atoms with Crippen molar-refractivity contribution in [2.24, 2.45) is 5.41 Å². The molecule has 4 rings (SSSR count). The monoisotopic (exact) mass is 425 g/mol. The second kappa shape index (κ2) is 8.26. The van der Waals surface area contributed by atoms with Gasteiger partial charge in [-0.1, -0.05) is 6.07 Å². The highest BCUT2D eigenvalue weighted by Crippen LogP contribution is 2.27. The van der Waals surface area contributed by atoms with E-state index in [1.54, 1.807) is 19.9 Å². The van der Waals surface area contributed by atoms with Crippen molar-refractivity contribution in [2.75, 3.05) is 25.0 Å². The summed E-state index contributed by atoms with van der Waals surface area (Å²) in [6.07, 6.45) is 3.36. The SMILES string of the molecule is Cc1cc(N[C@@H]2CCCN(CC(C)(C)C(=O)O)C2)nnc1-c1ccc2c(F)c[nH]c2c1. The van der Waals surface area contributed by atoms with Gasteiger partial charge in [-0.3, -0.25) is 4.79 Å². The number of fused-ring (bicyclic) bond motifs is 1. The Hall–Kier alpha value is -3.00. The standard InChI is InChI=1S/C23H28FN5O2/c1-14-9-20(26-16-5-4-8-29(12-16)13-23(2,3)22(30)31)27-28-21(14)15-6-7-17-18(24)11-25-19(17)10-15/h6-7,9-11,16,25H,4-5,8,12-13H2,1-3H3,(H,26,27)(H,30,31)/t16-/m1/s1. The molecule has 3 N–H and O–H groups in total. The highest BCUT2D eigenvalue weighted by atomic mass is 19.1. The predicted octanol–water partition coefficient (Wildman–Crippen LogP) is 4.06. The number of halogens is 1. The minimum absolute atomic E-state index is 0.191. The fourth-order valence-electron chi connectivity index (χ4n) is 4.23. The van der Waals surface area contributed by atoms with Gasteiger partial charge in [0.25, 0.3) is 0 Å². The molecule has 8 heteroatoms. The van der Waals surface area contributed by atoms with Crippen LogP contribution in [0.15, 0.2) is 30.5 Å². The molecule has 0 unspecified atom stereocenters. The number of H-pyrrole nitrogens is 1. The molecule has 1 saturated heterocycles. The molecule has 1 atom stereocenters. The van der Waals surface area contributed by atoms with Gasteiger partial charge < -0.3 is 20.3 Å². The Labute approximate surface area is 180 Å². The zero-order chi connectivity index (χ0) is 22.2. The van der Waals surface area contributed by atoms with Gasteiger partial charge in [-0.05, 0) is 63.9 Å². The van der Waals surface area contributed by atoms with Crippen LogP contribution < -0.4 is 5.32 Å². The van der Waals surface area contributed by atoms with E-state index >= 15 is 0 Å². The van der Waals surface area contributed by atoms with E-state index in [1.807, 2.05) is 25.1 Å². The summed E-state index contributed by atoms with van der Waals surface area (Å²) < 4.78 is 13.7. The molecule has 1 aliphatic rings. The molecule has 0 spiro atoms. The number of aliphatic carboxylic acids is 1. The lowest BCUT2D eigenvalue weighted by molar-refractivity contribution is -0.148. The summed E-state index contributed by atoms with van der Waals surface area (Å²) >= 11 is 0. The molecule has 0 amide bonds. The van der Waals surface area contributed by atoms with Crippen LogP contribution >= 0.6 is 0 Å². The number of anilines is 1. The van der Waals surface area contributed by atoms with E-state index in [0.29, 0.717) is 17.7 Å². The van der Waals surface area contributed by atoms with Crippen LogP contribution in [-0.4, -0.2) is 56.8 Å². The normalized spacial score (nSPS) is 17.7. The molecule has 0 saturated carbocycles. The van der Waals surface area contributed by atoms with Crippen LogP contribution in [-0.2, 0) is 4.79 Å². The van der Waals surface area contributed by atoms with Crippen molar-refractivity contribution in [3.8, 4) is 11.3 Å². The van der Waals surface area contributed by atoms with Gasteiger partial charge in [0.1, 0.15) is 11.6 Å². The van der Waals surface area contributed by atoms with E-state index in [-0.39, 0.29) is 11.9 Å². The minimum Gasteiger partial charge on any atom is -0.481 e. The Bertz CT molecular complexity index is 1110. The molecule has 3 aromatic rings. The zero-order valence-electron chi connectivity index (χ0n) is 18.1. The predicted molar refractivity (Wildman–Crippen MR) is 119 cm³/mol. The summed E-state index contributed by atoms with van der Waals surface area (Å²) in [6.45, 7) is 7.70. The number of carboxylic acids is 1. The van der Waals surface area contributed by atoms with E-state index in [2.05, 4.69) is 25.4 Å². The van der Waals surface area contributed by atoms with Crippen molar-refractivity contribution in [1.82, 2.24) is 20.1 Å². The van der Waals surface area contributed by atoms with Crippen LogP contribution in [0.25, 0.3) is 22.2 Å². The summed E-state index contributed by atoms with van der Waals surface area (Å²) in [5.74, 6) is -0.338. The molecular weight excluding hydrogens is 397 g/mol. The number of nitrogens with one attached hydrogen (secondary N) is 2. The fourth-order valence-corrected chi connectivity index (χ4v) is 4.23. The minimum atomic E-state index is -0.778. The first-order valence-corrected chi connectivity index (χ1v) is 10.6. The average Bonchev–Trinajstić information content (AvgIpc) is 3.08. The van der Waals surface area contributed by atoms with Crippen molar-refractivity contribution >= 4 is 22.7 Å². The van der Waals surface area contributed by atoms with Gasteiger partial charge in [0.05, 0.1) is 11.1 Å². The van der Waals surface area contributed by atoms with Crippen molar-refractivity contribution in [1.29, 1.82) is 0 Å². The van der Waals surface area contributed by atoms with Crippen LogP contribution in [0.5, 0.6) is 0 Å². The molecular formula is C23H28FN5O2. The first kappa shape index (κ1) is 21.2. The van der Waals surface area contributed by atoms with Crippen molar-refractivity contribution in [2.45, 2.75) is 39.7 Å². The quantitative estimate of drug-likeness (QED) is 0.551. The van der Waals surface area contributed by atoms with Crippen LogP contribution in [0.1, 0.15) is 32.3 Å².